The molecule has 1 amide bonds. The van der Waals surface area contributed by atoms with Gasteiger partial charge >= 0.3 is 0 Å². The van der Waals surface area contributed by atoms with Crippen molar-refractivity contribution < 1.29 is 4.79 Å². The van der Waals surface area contributed by atoms with E-state index in [1.54, 1.807) is 34.2 Å². The number of carbonyl (C=O) groups is 1. The van der Waals surface area contributed by atoms with Gasteiger partial charge < -0.3 is 0 Å². The number of pyridine rings is 1. The summed E-state index contributed by atoms with van der Waals surface area (Å²) in [5.74, 6) is 1.22. The molecule has 4 rings (SSSR count). The van der Waals surface area contributed by atoms with E-state index in [1.165, 1.54) is 5.56 Å². The third kappa shape index (κ3) is 4.65. The van der Waals surface area contributed by atoms with Gasteiger partial charge in [0.2, 0.25) is 0 Å². The van der Waals surface area contributed by atoms with Gasteiger partial charge in [0.05, 0.1) is 28.0 Å². The minimum atomic E-state index is -0.0487. The molecule has 0 saturated heterocycles. The second-order valence-electron chi connectivity index (χ2n) is 7.49. The summed E-state index contributed by atoms with van der Waals surface area (Å²) in [7, 11) is 0. The lowest BCUT2D eigenvalue weighted by atomic mass is 10.0. The fourth-order valence-corrected chi connectivity index (χ4v) is 5.28. The first-order chi connectivity index (χ1) is 15.1. The summed E-state index contributed by atoms with van der Waals surface area (Å²) in [6.45, 7) is 6.81. The average molecular weight is 448 g/mol. The maximum Gasteiger partial charge on any atom is 0.261 e. The number of amides is 1. The zero-order chi connectivity index (χ0) is 21.8. The number of thioether (sulfide) groups is 1. The van der Waals surface area contributed by atoms with Crippen LogP contribution in [-0.2, 0) is 6.54 Å². The Kier molecular flexibility index (Phi) is 6.68. The smallest absolute Gasteiger partial charge is 0.261 e. The predicted octanol–water partition coefficient (Wildman–Crippen LogP) is 6.77. The number of benzene rings is 2. The molecule has 0 aliphatic carbocycles. The maximum absolute atomic E-state index is 13.8. The van der Waals surface area contributed by atoms with Gasteiger partial charge in [-0.1, -0.05) is 62.4 Å². The molecule has 31 heavy (non-hydrogen) atoms. The molecule has 4 nitrogen and oxygen atoms in total. The molecule has 6 heteroatoms. The van der Waals surface area contributed by atoms with Gasteiger partial charge in [-0.15, -0.1) is 11.8 Å². The number of thiazole rings is 1. The normalized spacial score (nSPS) is 11.2. The lowest BCUT2D eigenvalue weighted by molar-refractivity contribution is 0.0982. The topological polar surface area (TPSA) is 46.1 Å². The van der Waals surface area contributed by atoms with Crippen LogP contribution in [0, 0.1) is 0 Å². The summed E-state index contributed by atoms with van der Waals surface area (Å²) in [4.78, 5) is 26.0. The predicted molar refractivity (Wildman–Crippen MR) is 131 cm³/mol. The number of fused-ring (bicyclic) bond motifs is 1. The van der Waals surface area contributed by atoms with Crippen LogP contribution >= 0.6 is 23.1 Å². The Morgan fingerprint density at radius 1 is 1.06 bits per heavy atom. The minimum absolute atomic E-state index is 0.0487. The van der Waals surface area contributed by atoms with E-state index in [0.717, 1.165) is 26.6 Å². The second-order valence-corrected chi connectivity index (χ2v) is 9.80. The average Bonchev–Trinajstić information content (AvgIpc) is 3.22. The number of hydrogen-bond acceptors (Lipinski definition) is 5. The Labute approximate surface area is 191 Å². The van der Waals surface area contributed by atoms with Crippen LogP contribution in [0.1, 0.15) is 48.3 Å². The van der Waals surface area contributed by atoms with Crippen LogP contribution in [0.5, 0.6) is 0 Å². The Balaban J connectivity index is 1.81. The van der Waals surface area contributed by atoms with Crippen LogP contribution in [0.15, 0.2) is 71.8 Å². The van der Waals surface area contributed by atoms with E-state index in [-0.39, 0.29) is 5.91 Å². The number of carbonyl (C=O) groups excluding carboxylic acids is 1. The molecule has 2 heterocycles. The first-order valence-corrected chi connectivity index (χ1v) is 12.2. The molecule has 2 aromatic heterocycles. The number of aromatic nitrogens is 2. The molecule has 0 spiro atoms. The molecular formula is C25H25N3OS2. The second kappa shape index (κ2) is 9.62. The van der Waals surface area contributed by atoms with E-state index in [0.29, 0.717) is 23.2 Å². The maximum atomic E-state index is 13.8. The minimum Gasteiger partial charge on any atom is -0.278 e. The van der Waals surface area contributed by atoms with Crippen molar-refractivity contribution in [3.63, 3.8) is 0 Å². The highest BCUT2D eigenvalue weighted by Crippen LogP contribution is 2.35. The summed E-state index contributed by atoms with van der Waals surface area (Å²) in [5.41, 5.74) is 3.72. The van der Waals surface area contributed by atoms with Crippen molar-refractivity contribution in [3.05, 3.63) is 83.7 Å². The van der Waals surface area contributed by atoms with Crippen LogP contribution in [0.2, 0.25) is 0 Å². The summed E-state index contributed by atoms with van der Waals surface area (Å²) in [5, 5.41) is 0.704. The van der Waals surface area contributed by atoms with Gasteiger partial charge in [0.25, 0.3) is 5.91 Å². The van der Waals surface area contributed by atoms with Gasteiger partial charge in [-0.2, -0.15) is 0 Å². The lowest BCUT2D eigenvalue weighted by Crippen LogP contribution is -2.31. The van der Waals surface area contributed by atoms with E-state index >= 15 is 0 Å². The molecule has 0 radical (unpaired) electrons. The number of anilines is 1. The van der Waals surface area contributed by atoms with Crippen LogP contribution in [-0.4, -0.2) is 21.6 Å². The highest BCUT2D eigenvalue weighted by molar-refractivity contribution is 7.99. The fraction of sp³-hybridized carbons (Fsp3) is 0.240. The van der Waals surface area contributed by atoms with Gasteiger partial charge in [-0.3, -0.25) is 14.7 Å². The molecule has 0 N–H and O–H groups in total. The zero-order valence-electron chi connectivity index (χ0n) is 17.9. The van der Waals surface area contributed by atoms with Crippen molar-refractivity contribution in [2.75, 3.05) is 10.7 Å². The first kappa shape index (κ1) is 21.5. The molecule has 4 aromatic rings. The molecule has 0 aliphatic rings. The van der Waals surface area contributed by atoms with Crippen molar-refractivity contribution in [1.29, 1.82) is 0 Å². The van der Waals surface area contributed by atoms with E-state index in [9.17, 15) is 4.79 Å². The van der Waals surface area contributed by atoms with Gasteiger partial charge in [0, 0.05) is 11.1 Å². The van der Waals surface area contributed by atoms with Crippen LogP contribution < -0.4 is 4.90 Å². The van der Waals surface area contributed by atoms with Crippen molar-refractivity contribution in [1.82, 2.24) is 9.97 Å². The molecule has 158 valence electrons. The fourth-order valence-electron chi connectivity index (χ4n) is 3.49. The standard InChI is InChI=1S/C25H25N3OS2/c1-4-30-21-13-6-5-11-20(21)24(29)28(16-18-10-7-8-15-26-18)25-27-23-19(17(2)3)12-9-14-22(23)31-25/h5-15,17H,4,16H2,1-3H3. The summed E-state index contributed by atoms with van der Waals surface area (Å²) < 4.78 is 1.09. The van der Waals surface area contributed by atoms with Crippen molar-refractivity contribution >= 4 is 44.4 Å². The molecule has 0 fully saturated rings. The van der Waals surface area contributed by atoms with Crippen LogP contribution in [0.25, 0.3) is 10.2 Å². The molecule has 0 unspecified atom stereocenters. The van der Waals surface area contributed by atoms with E-state index < -0.39 is 0 Å². The van der Waals surface area contributed by atoms with Gasteiger partial charge in [-0.25, -0.2) is 4.98 Å². The molecule has 2 aromatic carbocycles. The lowest BCUT2D eigenvalue weighted by Gasteiger charge is -2.21. The highest BCUT2D eigenvalue weighted by atomic mass is 32.2. The van der Waals surface area contributed by atoms with Gasteiger partial charge in [0.15, 0.2) is 5.13 Å². The molecule has 0 saturated carbocycles. The number of rotatable bonds is 7. The number of para-hydroxylation sites is 1. The van der Waals surface area contributed by atoms with Gasteiger partial charge in [-0.05, 0) is 47.6 Å². The largest absolute Gasteiger partial charge is 0.278 e. The van der Waals surface area contributed by atoms with Crippen molar-refractivity contribution in [2.24, 2.45) is 0 Å². The third-order valence-corrected chi connectivity index (χ3v) is 7.00. The summed E-state index contributed by atoms with van der Waals surface area (Å²) in [6, 6.07) is 19.8. The van der Waals surface area contributed by atoms with Crippen molar-refractivity contribution in [3.8, 4) is 0 Å². The highest BCUT2D eigenvalue weighted by Gasteiger charge is 2.25. The Morgan fingerprint density at radius 2 is 1.87 bits per heavy atom. The van der Waals surface area contributed by atoms with E-state index in [4.69, 9.17) is 4.98 Å². The van der Waals surface area contributed by atoms with Crippen molar-refractivity contribution in [2.45, 2.75) is 38.1 Å². The number of hydrogen-bond donors (Lipinski definition) is 0. The zero-order valence-corrected chi connectivity index (χ0v) is 19.5. The van der Waals surface area contributed by atoms with Gasteiger partial charge in [0.1, 0.15) is 0 Å². The van der Waals surface area contributed by atoms with E-state index in [1.807, 2.05) is 42.5 Å². The molecule has 0 atom stereocenters. The third-order valence-electron chi connectivity index (χ3n) is 5.00. The Hall–Kier alpha value is -2.70. The monoisotopic (exact) mass is 447 g/mol. The number of nitrogens with zero attached hydrogens (tertiary/aromatic N) is 3. The quantitative estimate of drug-likeness (QED) is 0.293. The van der Waals surface area contributed by atoms with Crippen LogP contribution in [0.4, 0.5) is 5.13 Å². The summed E-state index contributed by atoms with van der Waals surface area (Å²) in [6.07, 6.45) is 1.76. The molecular weight excluding hydrogens is 422 g/mol. The first-order valence-electron chi connectivity index (χ1n) is 10.4. The van der Waals surface area contributed by atoms with Crippen LogP contribution in [0.3, 0.4) is 0 Å². The molecule has 0 bridgehead atoms. The SMILES string of the molecule is CCSc1ccccc1C(=O)N(Cc1ccccn1)c1nc2c(C(C)C)cccc2s1. The Bertz CT molecular complexity index is 1190. The molecule has 0 aliphatic heterocycles. The summed E-state index contributed by atoms with van der Waals surface area (Å²) >= 11 is 3.24. The van der Waals surface area contributed by atoms with E-state index in [2.05, 4.69) is 44.0 Å². The Morgan fingerprint density at radius 3 is 2.61 bits per heavy atom.